The minimum absolute atomic E-state index is 0.0842. The summed E-state index contributed by atoms with van der Waals surface area (Å²) in [4.78, 5) is 27.2. The number of carbonyl (C=O) groups is 2. The molecular formula is C24H21NO5. The number of aromatic hydroxyl groups is 1. The van der Waals surface area contributed by atoms with E-state index >= 15 is 0 Å². The minimum atomic E-state index is -1.01. The maximum Gasteiger partial charge on any atom is 0.300 e. The van der Waals surface area contributed by atoms with Gasteiger partial charge in [0.15, 0.2) is 0 Å². The van der Waals surface area contributed by atoms with E-state index in [1.807, 2.05) is 26.8 Å². The highest BCUT2D eigenvalue weighted by Gasteiger charge is 2.49. The monoisotopic (exact) mass is 403 g/mol. The number of Topliss-reactive ketones (excluding diaryl/α,β-unsaturated/α-hetero) is 1. The summed E-state index contributed by atoms with van der Waals surface area (Å²) in [5.41, 5.74) is 3.31. The topological polar surface area (TPSA) is 91.0 Å². The standard InChI is InChI=1S/C24H21NO5/c1-13-6-9-18(26)17(11-13)25-21(19-5-4-10-30-19)20(23(28)24(25)29)22(27)16-8-7-14(2)15(3)12-16/h4-12,21,26-27H,1-3H3/b22-20-. The number of carbonyl (C=O) groups excluding carboxylic acids is 2. The number of phenols is 1. The van der Waals surface area contributed by atoms with E-state index < -0.39 is 17.7 Å². The Kier molecular flexibility index (Phi) is 4.70. The third-order valence-corrected chi connectivity index (χ3v) is 5.43. The molecule has 30 heavy (non-hydrogen) atoms. The zero-order valence-corrected chi connectivity index (χ0v) is 16.8. The van der Waals surface area contributed by atoms with Crippen LogP contribution in [0.4, 0.5) is 5.69 Å². The number of furan rings is 1. The number of anilines is 1. The van der Waals surface area contributed by atoms with E-state index in [-0.39, 0.29) is 22.8 Å². The summed E-state index contributed by atoms with van der Waals surface area (Å²) in [6, 6.07) is 12.4. The van der Waals surface area contributed by atoms with Gasteiger partial charge in [-0.15, -0.1) is 0 Å². The number of benzene rings is 2. The molecule has 0 radical (unpaired) electrons. The number of aliphatic hydroxyl groups is 1. The number of hydrogen-bond donors (Lipinski definition) is 2. The fourth-order valence-corrected chi connectivity index (χ4v) is 3.67. The highest BCUT2D eigenvalue weighted by molar-refractivity contribution is 6.51. The summed E-state index contributed by atoms with van der Waals surface area (Å²) in [6.07, 6.45) is 1.43. The van der Waals surface area contributed by atoms with Crippen molar-refractivity contribution >= 4 is 23.1 Å². The van der Waals surface area contributed by atoms with E-state index in [4.69, 9.17) is 4.42 Å². The maximum absolute atomic E-state index is 13.0. The lowest BCUT2D eigenvalue weighted by atomic mass is 9.97. The fraction of sp³-hybridized carbons (Fsp3) is 0.167. The third kappa shape index (κ3) is 3.06. The maximum atomic E-state index is 13.0. The number of nitrogens with zero attached hydrogens (tertiary/aromatic N) is 1. The Morgan fingerprint density at radius 2 is 1.77 bits per heavy atom. The van der Waals surface area contributed by atoms with Gasteiger partial charge in [-0.2, -0.15) is 0 Å². The van der Waals surface area contributed by atoms with Crippen LogP contribution in [-0.4, -0.2) is 21.9 Å². The van der Waals surface area contributed by atoms with Crippen molar-refractivity contribution < 1.29 is 24.2 Å². The van der Waals surface area contributed by atoms with Crippen molar-refractivity contribution in [2.45, 2.75) is 26.8 Å². The van der Waals surface area contributed by atoms with Gasteiger partial charge in [-0.25, -0.2) is 0 Å². The Labute approximate surface area is 173 Å². The molecule has 4 rings (SSSR count). The van der Waals surface area contributed by atoms with Gasteiger partial charge in [-0.1, -0.05) is 18.2 Å². The first-order chi connectivity index (χ1) is 14.3. The van der Waals surface area contributed by atoms with Gasteiger partial charge >= 0.3 is 0 Å². The molecule has 0 bridgehead atoms. The first kappa shape index (κ1) is 19.5. The van der Waals surface area contributed by atoms with E-state index in [0.29, 0.717) is 11.3 Å². The average molecular weight is 403 g/mol. The molecule has 2 heterocycles. The Hall–Kier alpha value is -3.80. The van der Waals surface area contributed by atoms with Gasteiger partial charge in [-0.05, 0) is 67.8 Å². The predicted molar refractivity (Wildman–Crippen MR) is 112 cm³/mol. The summed E-state index contributed by atoms with van der Waals surface area (Å²) in [6.45, 7) is 5.66. The largest absolute Gasteiger partial charge is 0.507 e. The third-order valence-electron chi connectivity index (χ3n) is 5.43. The minimum Gasteiger partial charge on any atom is -0.507 e. The van der Waals surface area contributed by atoms with Crippen LogP contribution >= 0.6 is 0 Å². The van der Waals surface area contributed by atoms with E-state index in [2.05, 4.69) is 0 Å². The second kappa shape index (κ2) is 7.22. The zero-order valence-electron chi connectivity index (χ0n) is 16.8. The van der Waals surface area contributed by atoms with Crippen LogP contribution in [0.5, 0.6) is 5.75 Å². The lowest BCUT2D eigenvalue weighted by Crippen LogP contribution is -2.29. The molecule has 6 heteroatoms. The van der Waals surface area contributed by atoms with Crippen molar-refractivity contribution in [3.63, 3.8) is 0 Å². The quantitative estimate of drug-likeness (QED) is 0.381. The molecule has 1 aliphatic rings. The van der Waals surface area contributed by atoms with E-state index in [9.17, 15) is 19.8 Å². The number of aryl methyl sites for hydroxylation is 3. The molecule has 1 fully saturated rings. The normalized spacial score (nSPS) is 18.2. The summed E-state index contributed by atoms with van der Waals surface area (Å²) in [5.74, 6) is -1.81. The first-order valence-electron chi connectivity index (χ1n) is 9.51. The van der Waals surface area contributed by atoms with Crippen molar-refractivity contribution in [2.24, 2.45) is 0 Å². The van der Waals surface area contributed by atoms with Crippen LogP contribution in [0.1, 0.15) is 34.1 Å². The van der Waals surface area contributed by atoms with Crippen LogP contribution in [0.3, 0.4) is 0 Å². The molecule has 0 spiro atoms. The SMILES string of the molecule is Cc1ccc(O)c(N2C(=O)C(=O)/C(=C(\O)c3ccc(C)c(C)c3)C2c2ccco2)c1. The van der Waals surface area contributed by atoms with E-state index in [0.717, 1.165) is 16.7 Å². The van der Waals surface area contributed by atoms with Gasteiger partial charge in [0, 0.05) is 5.56 Å². The number of aliphatic hydroxyl groups excluding tert-OH is 1. The smallest absolute Gasteiger partial charge is 0.300 e. The molecule has 2 N–H and O–H groups in total. The van der Waals surface area contributed by atoms with E-state index in [1.54, 1.807) is 36.4 Å². The molecule has 3 aromatic rings. The molecule has 2 aromatic carbocycles. The lowest BCUT2D eigenvalue weighted by molar-refractivity contribution is -0.132. The van der Waals surface area contributed by atoms with Crippen LogP contribution in [0.25, 0.3) is 5.76 Å². The van der Waals surface area contributed by atoms with Crippen molar-refractivity contribution in [1.82, 2.24) is 0 Å². The molecule has 1 atom stereocenters. The second-order valence-electron chi connectivity index (χ2n) is 7.48. The molecule has 0 aliphatic carbocycles. The van der Waals surface area contributed by atoms with E-state index in [1.165, 1.54) is 17.2 Å². The zero-order chi connectivity index (χ0) is 21.6. The summed E-state index contributed by atoms with van der Waals surface area (Å²) >= 11 is 0. The van der Waals surface area contributed by atoms with Gasteiger partial charge in [0.25, 0.3) is 11.7 Å². The van der Waals surface area contributed by atoms with Gasteiger partial charge < -0.3 is 14.6 Å². The molecule has 1 saturated heterocycles. The van der Waals surface area contributed by atoms with Crippen molar-refractivity contribution in [1.29, 1.82) is 0 Å². The second-order valence-corrected chi connectivity index (χ2v) is 7.48. The van der Waals surface area contributed by atoms with Crippen LogP contribution < -0.4 is 4.90 Å². The number of rotatable bonds is 3. The highest BCUT2D eigenvalue weighted by Crippen LogP contribution is 2.45. The number of hydrogen-bond acceptors (Lipinski definition) is 5. The molecule has 1 amide bonds. The average Bonchev–Trinajstić information content (AvgIpc) is 3.33. The van der Waals surface area contributed by atoms with Gasteiger partial charge in [0.2, 0.25) is 0 Å². The van der Waals surface area contributed by atoms with Gasteiger partial charge in [0.05, 0.1) is 17.5 Å². The Bertz CT molecular complexity index is 1190. The molecule has 1 unspecified atom stereocenters. The van der Waals surface area contributed by atoms with Crippen LogP contribution in [0.2, 0.25) is 0 Å². The molecule has 6 nitrogen and oxygen atoms in total. The molecule has 0 saturated carbocycles. The molecule has 1 aliphatic heterocycles. The van der Waals surface area contributed by atoms with Crippen LogP contribution in [0, 0.1) is 20.8 Å². The Morgan fingerprint density at radius 1 is 1.00 bits per heavy atom. The highest BCUT2D eigenvalue weighted by atomic mass is 16.3. The molecule has 152 valence electrons. The van der Waals surface area contributed by atoms with Crippen molar-refractivity contribution in [3.05, 3.63) is 88.4 Å². The van der Waals surface area contributed by atoms with Gasteiger partial charge in [-0.3, -0.25) is 14.5 Å². The molecule has 1 aromatic heterocycles. The summed E-state index contributed by atoms with van der Waals surface area (Å²) in [7, 11) is 0. The Morgan fingerprint density at radius 3 is 2.43 bits per heavy atom. The van der Waals surface area contributed by atoms with Crippen molar-refractivity contribution in [3.8, 4) is 5.75 Å². The lowest BCUT2D eigenvalue weighted by Gasteiger charge is -2.24. The first-order valence-corrected chi connectivity index (χ1v) is 9.51. The fourth-order valence-electron chi connectivity index (χ4n) is 3.67. The predicted octanol–water partition coefficient (Wildman–Crippen LogP) is 4.54. The summed E-state index contributed by atoms with van der Waals surface area (Å²) in [5, 5.41) is 21.5. The van der Waals surface area contributed by atoms with Crippen molar-refractivity contribution in [2.75, 3.05) is 4.90 Å². The van der Waals surface area contributed by atoms with Crippen LogP contribution in [-0.2, 0) is 9.59 Å². The van der Waals surface area contributed by atoms with Crippen LogP contribution in [0.15, 0.2) is 64.8 Å². The molecular weight excluding hydrogens is 382 g/mol. The summed E-state index contributed by atoms with van der Waals surface area (Å²) < 4.78 is 5.52. The number of ketones is 1. The number of amides is 1. The van der Waals surface area contributed by atoms with Gasteiger partial charge in [0.1, 0.15) is 23.3 Å². The number of phenolic OH excluding ortho intramolecular Hbond substituents is 1. The Balaban J connectivity index is 1.96.